The summed E-state index contributed by atoms with van der Waals surface area (Å²) in [5.41, 5.74) is -0.389. The van der Waals surface area contributed by atoms with Crippen molar-refractivity contribution >= 4 is 12.1 Å². The number of alkyl carbamates (subject to hydrolysis) is 1. The monoisotopic (exact) mass is 299 g/mol. The number of carbonyl (C=O) groups excluding carboxylic acids is 2. The highest BCUT2D eigenvalue weighted by Crippen LogP contribution is 2.19. The minimum Gasteiger partial charge on any atom is -0.469 e. The highest BCUT2D eigenvalue weighted by atomic mass is 16.6. The Balaban J connectivity index is 0.000000400. The van der Waals surface area contributed by atoms with Crippen molar-refractivity contribution in [3.05, 3.63) is 12.2 Å². The molecule has 5 nitrogen and oxygen atoms in total. The lowest BCUT2D eigenvalue weighted by Crippen LogP contribution is -2.30. The number of amides is 1. The van der Waals surface area contributed by atoms with Gasteiger partial charge in [0.1, 0.15) is 5.60 Å². The van der Waals surface area contributed by atoms with Crippen LogP contribution in [0.25, 0.3) is 0 Å². The summed E-state index contributed by atoms with van der Waals surface area (Å²) >= 11 is 0. The van der Waals surface area contributed by atoms with Crippen LogP contribution in [0, 0.1) is 5.92 Å². The Morgan fingerprint density at radius 2 is 1.76 bits per heavy atom. The van der Waals surface area contributed by atoms with Gasteiger partial charge in [-0.05, 0) is 52.9 Å². The zero-order valence-corrected chi connectivity index (χ0v) is 13.9. The Hall–Kier alpha value is -1.52. The van der Waals surface area contributed by atoms with Gasteiger partial charge in [0, 0.05) is 7.05 Å². The minimum atomic E-state index is -0.389. The Bertz CT molecular complexity index is 345. The molecule has 0 radical (unpaired) electrons. The maximum absolute atomic E-state index is 11.2. The number of methoxy groups -OCH3 is 1. The fourth-order valence-electron chi connectivity index (χ4n) is 1.89. The van der Waals surface area contributed by atoms with Crippen LogP contribution < -0.4 is 5.32 Å². The number of allylic oxidation sites excluding steroid dienone is 2. The molecule has 1 amide bonds. The molecular weight excluding hydrogens is 270 g/mol. The molecule has 1 aliphatic carbocycles. The number of carbonyl (C=O) groups is 2. The Kier molecular flexibility index (Phi) is 9.50. The minimum absolute atomic E-state index is 0.0368. The Morgan fingerprint density at radius 1 is 1.14 bits per heavy atom. The number of hydrogen-bond donors (Lipinski definition) is 1. The predicted octanol–water partition coefficient (Wildman–Crippen LogP) is 3.44. The van der Waals surface area contributed by atoms with Gasteiger partial charge >= 0.3 is 12.1 Å². The molecule has 1 unspecified atom stereocenters. The molecule has 122 valence electrons. The van der Waals surface area contributed by atoms with E-state index < -0.39 is 0 Å². The fraction of sp³-hybridized carbons (Fsp3) is 0.750. The van der Waals surface area contributed by atoms with Gasteiger partial charge in [0.15, 0.2) is 0 Å². The van der Waals surface area contributed by atoms with E-state index in [-0.39, 0.29) is 23.6 Å². The van der Waals surface area contributed by atoms with Gasteiger partial charge in [0.05, 0.1) is 13.0 Å². The first-order chi connectivity index (χ1) is 9.80. The first kappa shape index (κ1) is 19.5. The van der Waals surface area contributed by atoms with Crippen molar-refractivity contribution in [1.82, 2.24) is 5.32 Å². The quantitative estimate of drug-likeness (QED) is 0.595. The molecule has 21 heavy (non-hydrogen) atoms. The van der Waals surface area contributed by atoms with Crippen LogP contribution in [0.1, 0.15) is 52.9 Å². The standard InChI is InChI=1S/C10H16O2.C6H13NO2/c1-12-10(11)9-7-5-3-2-4-6-8-9;1-6(2,3)9-5(8)7-4/h2-3,9H,4-8H2,1H3;1-4H3,(H,7,8)/b3-2-;. The van der Waals surface area contributed by atoms with E-state index in [9.17, 15) is 9.59 Å². The fourth-order valence-corrected chi connectivity index (χ4v) is 1.89. The lowest BCUT2D eigenvalue weighted by molar-refractivity contribution is -0.145. The summed E-state index contributed by atoms with van der Waals surface area (Å²) < 4.78 is 9.56. The molecule has 0 aromatic heterocycles. The van der Waals surface area contributed by atoms with Gasteiger partial charge in [-0.3, -0.25) is 4.79 Å². The van der Waals surface area contributed by atoms with Crippen LogP contribution in [0.5, 0.6) is 0 Å². The molecule has 0 aromatic rings. The first-order valence-corrected chi connectivity index (χ1v) is 7.43. The van der Waals surface area contributed by atoms with Crippen LogP contribution in [-0.4, -0.2) is 31.8 Å². The molecule has 1 rings (SSSR count). The molecule has 0 heterocycles. The van der Waals surface area contributed by atoms with Crippen molar-refractivity contribution in [3.8, 4) is 0 Å². The van der Waals surface area contributed by atoms with Crippen LogP contribution >= 0.6 is 0 Å². The van der Waals surface area contributed by atoms with Crippen LogP contribution in [0.3, 0.4) is 0 Å². The van der Waals surface area contributed by atoms with Crippen LogP contribution in [-0.2, 0) is 14.3 Å². The van der Waals surface area contributed by atoms with Crippen LogP contribution in [0.4, 0.5) is 4.79 Å². The lowest BCUT2D eigenvalue weighted by atomic mass is 9.94. The molecule has 0 aromatic carbocycles. The molecular formula is C16H29NO4. The highest BCUT2D eigenvalue weighted by molar-refractivity contribution is 5.72. The summed E-state index contributed by atoms with van der Waals surface area (Å²) in [6, 6.07) is 0. The number of rotatable bonds is 1. The Labute approximate surface area is 128 Å². The van der Waals surface area contributed by atoms with E-state index in [4.69, 9.17) is 9.47 Å². The molecule has 0 saturated carbocycles. The number of nitrogens with one attached hydrogen (secondary N) is 1. The molecule has 0 aliphatic heterocycles. The highest BCUT2D eigenvalue weighted by Gasteiger charge is 2.18. The second-order valence-corrected chi connectivity index (χ2v) is 5.95. The third-order valence-corrected chi connectivity index (χ3v) is 2.91. The van der Waals surface area contributed by atoms with Crippen molar-refractivity contribution in [2.45, 2.75) is 58.5 Å². The second kappa shape index (κ2) is 10.2. The van der Waals surface area contributed by atoms with E-state index in [1.807, 2.05) is 20.8 Å². The van der Waals surface area contributed by atoms with Gasteiger partial charge in [-0.1, -0.05) is 12.2 Å². The van der Waals surface area contributed by atoms with Crippen molar-refractivity contribution in [2.24, 2.45) is 5.92 Å². The molecule has 0 fully saturated rings. The third kappa shape index (κ3) is 10.9. The summed E-state index contributed by atoms with van der Waals surface area (Å²) in [4.78, 5) is 21.7. The zero-order chi connectivity index (χ0) is 16.3. The maximum Gasteiger partial charge on any atom is 0.407 e. The van der Waals surface area contributed by atoms with Gasteiger partial charge in [-0.25, -0.2) is 4.79 Å². The van der Waals surface area contributed by atoms with Crippen molar-refractivity contribution in [1.29, 1.82) is 0 Å². The number of hydrogen-bond acceptors (Lipinski definition) is 4. The van der Waals surface area contributed by atoms with E-state index in [1.54, 1.807) is 0 Å². The lowest BCUT2D eigenvalue weighted by Gasteiger charge is -2.18. The second-order valence-electron chi connectivity index (χ2n) is 5.95. The van der Waals surface area contributed by atoms with E-state index in [0.717, 1.165) is 32.1 Å². The smallest absolute Gasteiger partial charge is 0.407 e. The van der Waals surface area contributed by atoms with Gasteiger partial charge in [-0.15, -0.1) is 0 Å². The maximum atomic E-state index is 11.2. The molecule has 1 N–H and O–H groups in total. The molecule has 0 saturated heterocycles. The summed E-state index contributed by atoms with van der Waals surface area (Å²) in [5.74, 6) is 0.102. The average molecular weight is 299 g/mol. The SMILES string of the molecule is CNC(=O)OC(C)(C)C.COC(=O)C1CC/C=C\CCC1. The van der Waals surface area contributed by atoms with Gasteiger partial charge in [0.25, 0.3) is 0 Å². The van der Waals surface area contributed by atoms with Crippen LogP contribution in [0.15, 0.2) is 12.2 Å². The Morgan fingerprint density at radius 3 is 2.24 bits per heavy atom. The van der Waals surface area contributed by atoms with E-state index >= 15 is 0 Å². The van der Waals surface area contributed by atoms with Crippen LogP contribution in [0.2, 0.25) is 0 Å². The van der Waals surface area contributed by atoms with Crippen molar-refractivity contribution < 1.29 is 19.1 Å². The predicted molar refractivity (Wildman–Crippen MR) is 83.0 cm³/mol. The topological polar surface area (TPSA) is 64.6 Å². The summed E-state index contributed by atoms with van der Waals surface area (Å²) in [6.07, 6.45) is 9.13. The largest absolute Gasteiger partial charge is 0.469 e. The van der Waals surface area contributed by atoms with Gasteiger partial charge in [0.2, 0.25) is 0 Å². The van der Waals surface area contributed by atoms with E-state index in [0.29, 0.717) is 0 Å². The molecule has 0 spiro atoms. The van der Waals surface area contributed by atoms with E-state index in [2.05, 4.69) is 17.5 Å². The molecule has 0 bridgehead atoms. The number of esters is 1. The molecule has 5 heteroatoms. The zero-order valence-electron chi connectivity index (χ0n) is 13.9. The van der Waals surface area contributed by atoms with Gasteiger partial charge in [-0.2, -0.15) is 0 Å². The number of ether oxygens (including phenoxy) is 2. The van der Waals surface area contributed by atoms with Crippen molar-refractivity contribution in [2.75, 3.05) is 14.2 Å². The summed E-state index contributed by atoms with van der Waals surface area (Å²) in [5, 5.41) is 2.36. The summed E-state index contributed by atoms with van der Waals surface area (Å²) in [7, 11) is 3.00. The molecule has 1 aliphatic rings. The van der Waals surface area contributed by atoms with Gasteiger partial charge < -0.3 is 14.8 Å². The third-order valence-electron chi connectivity index (χ3n) is 2.91. The normalized spacial score (nSPS) is 20.0. The van der Waals surface area contributed by atoms with E-state index in [1.165, 1.54) is 14.2 Å². The summed E-state index contributed by atoms with van der Waals surface area (Å²) in [6.45, 7) is 5.46. The first-order valence-electron chi connectivity index (χ1n) is 7.43. The average Bonchev–Trinajstić information content (AvgIpc) is 2.36. The molecule has 1 atom stereocenters. The van der Waals surface area contributed by atoms with Crippen molar-refractivity contribution in [3.63, 3.8) is 0 Å².